The summed E-state index contributed by atoms with van der Waals surface area (Å²) in [6, 6.07) is 15.2. The van der Waals surface area contributed by atoms with Crippen molar-refractivity contribution in [2.45, 2.75) is 59.2 Å². The standard InChI is InChI=1S/C26H31NOSi/c1-7-18(8-2)21-16-27-22(15-17(21)3)19-13-14-24(29(4,5)6)25-20-11-9-10-12-23(20)28-26(19)25/h9-16,18H,7-8H2,1-6H3. The number of furan rings is 1. The second kappa shape index (κ2) is 7.45. The third kappa shape index (κ3) is 3.42. The Labute approximate surface area is 175 Å². The number of hydrogen-bond acceptors (Lipinski definition) is 2. The van der Waals surface area contributed by atoms with Gasteiger partial charge in [-0.3, -0.25) is 4.98 Å². The van der Waals surface area contributed by atoms with Gasteiger partial charge in [-0.1, -0.05) is 57.8 Å². The molecule has 4 aromatic rings. The van der Waals surface area contributed by atoms with Crippen LogP contribution in [0.4, 0.5) is 0 Å². The molecule has 0 N–H and O–H groups in total. The van der Waals surface area contributed by atoms with E-state index >= 15 is 0 Å². The molecule has 0 spiro atoms. The molecule has 0 saturated heterocycles. The molecule has 29 heavy (non-hydrogen) atoms. The molecule has 0 aliphatic rings. The van der Waals surface area contributed by atoms with Gasteiger partial charge in [0.05, 0.1) is 13.8 Å². The van der Waals surface area contributed by atoms with Crippen molar-refractivity contribution >= 4 is 35.2 Å². The zero-order valence-corrected chi connectivity index (χ0v) is 19.5. The van der Waals surface area contributed by atoms with Crippen LogP contribution in [-0.4, -0.2) is 13.1 Å². The largest absolute Gasteiger partial charge is 0.455 e. The van der Waals surface area contributed by atoms with Crippen molar-refractivity contribution in [1.82, 2.24) is 4.98 Å². The normalized spacial score (nSPS) is 12.4. The molecular formula is C26H31NOSi. The molecule has 0 fully saturated rings. The lowest BCUT2D eigenvalue weighted by molar-refractivity contribution is 0.635. The number of rotatable bonds is 5. The summed E-state index contributed by atoms with van der Waals surface area (Å²) in [6.45, 7) is 13.9. The van der Waals surface area contributed by atoms with E-state index < -0.39 is 8.07 Å². The average molecular weight is 402 g/mol. The highest BCUT2D eigenvalue weighted by atomic mass is 28.3. The summed E-state index contributed by atoms with van der Waals surface area (Å²) in [6.07, 6.45) is 4.39. The van der Waals surface area contributed by atoms with Crippen LogP contribution in [0.15, 0.2) is 53.1 Å². The lowest BCUT2D eigenvalue weighted by Gasteiger charge is -2.19. The Morgan fingerprint density at radius 1 is 1.00 bits per heavy atom. The highest BCUT2D eigenvalue weighted by Gasteiger charge is 2.25. The van der Waals surface area contributed by atoms with Gasteiger partial charge in [0.15, 0.2) is 0 Å². The fourth-order valence-corrected chi connectivity index (χ4v) is 6.11. The number of nitrogens with zero attached hydrogens (tertiary/aromatic N) is 1. The van der Waals surface area contributed by atoms with Crippen LogP contribution in [0.5, 0.6) is 0 Å². The molecule has 2 nitrogen and oxygen atoms in total. The molecule has 0 aliphatic heterocycles. The first-order valence-corrected chi connectivity index (χ1v) is 14.3. The molecule has 2 heterocycles. The lowest BCUT2D eigenvalue weighted by atomic mass is 9.91. The molecule has 0 saturated carbocycles. The number of para-hydroxylation sites is 1. The SMILES string of the molecule is CCC(CC)c1cnc(-c2ccc([Si](C)(C)C)c3c2oc2ccccc23)cc1C. The van der Waals surface area contributed by atoms with E-state index in [1.807, 2.05) is 6.07 Å². The molecule has 0 bridgehead atoms. The van der Waals surface area contributed by atoms with Gasteiger partial charge in [-0.05, 0) is 60.2 Å². The Morgan fingerprint density at radius 3 is 2.38 bits per heavy atom. The summed E-state index contributed by atoms with van der Waals surface area (Å²) in [4.78, 5) is 4.89. The van der Waals surface area contributed by atoms with Gasteiger partial charge in [0.2, 0.25) is 0 Å². The maximum atomic E-state index is 6.42. The van der Waals surface area contributed by atoms with Crippen LogP contribution in [0, 0.1) is 6.92 Å². The van der Waals surface area contributed by atoms with Gasteiger partial charge in [0.1, 0.15) is 11.2 Å². The molecular weight excluding hydrogens is 370 g/mol. The van der Waals surface area contributed by atoms with Crippen LogP contribution in [0.25, 0.3) is 33.2 Å². The summed E-state index contributed by atoms with van der Waals surface area (Å²) in [5, 5.41) is 3.94. The van der Waals surface area contributed by atoms with E-state index in [1.54, 1.807) is 0 Å². The lowest BCUT2D eigenvalue weighted by Crippen LogP contribution is -2.37. The quantitative estimate of drug-likeness (QED) is 0.325. The topological polar surface area (TPSA) is 26.0 Å². The van der Waals surface area contributed by atoms with Crippen molar-refractivity contribution in [3.05, 3.63) is 59.8 Å². The molecule has 150 valence electrons. The number of benzene rings is 2. The predicted molar refractivity (Wildman–Crippen MR) is 128 cm³/mol. The molecule has 2 aromatic heterocycles. The summed E-state index contributed by atoms with van der Waals surface area (Å²) in [7, 11) is -1.53. The van der Waals surface area contributed by atoms with E-state index in [-0.39, 0.29) is 0 Å². The molecule has 0 aliphatic carbocycles. The number of pyridine rings is 1. The minimum absolute atomic E-state index is 0.581. The zero-order chi connectivity index (χ0) is 20.8. The van der Waals surface area contributed by atoms with E-state index in [2.05, 4.69) is 83.0 Å². The number of fused-ring (bicyclic) bond motifs is 3. The fraction of sp³-hybridized carbons (Fsp3) is 0.346. The Hall–Kier alpha value is -2.39. The van der Waals surface area contributed by atoms with Crippen LogP contribution in [0.1, 0.15) is 43.7 Å². The number of aryl methyl sites for hydroxylation is 1. The van der Waals surface area contributed by atoms with Crippen molar-refractivity contribution < 1.29 is 4.42 Å². The first-order chi connectivity index (χ1) is 13.8. The maximum Gasteiger partial charge on any atom is 0.144 e. The Balaban J connectivity index is 1.97. The van der Waals surface area contributed by atoms with Gasteiger partial charge in [0.25, 0.3) is 0 Å². The molecule has 0 unspecified atom stereocenters. The number of aromatic nitrogens is 1. The van der Waals surface area contributed by atoms with Crippen molar-refractivity contribution in [3.63, 3.8) is 0 Å². The molecule has 3 heteroatoms. The van der Waals surface area contributed by atoms with Gasteiger partial charge in [0, 0.05) is 22.5 Å². The zero-order valence-electron chi connectivity index (χ0n) is 18.5. The van der Waals surface area contributed by atoms with Crippen LogP contribution in [0.2, 0.25) is 19.6 Å². The smallest absolute Gasteiger partial charge is 0.144 e. The van der Waals surface area contributed by atoms with Gasteiger partial charge in [-0.15, -0.1) is 0 Å². The first-order valence-electron chi connectivity index (χ1n) is 10.8. The third-order valence-corrected chi connectivity index (χ3v) is 8.22. The van der Waals surface area contributed by atoms with Crippen molar-refractivity contribution in [2.75, 3.05) is 0 Å². The summed E-state index contributed by atoms with van der Waals surface area (Å²) < 4.78 is 6.42. The minimum Gasteiger partial charge on any atom is -0.455 e. The highest BCUT2D eigenvalue weighted by Crippen LogP contribution is 2.36. The second-order valence-corrected chi connectivity index (χ2v) is 14.2. The van der Waals surface area contributed by atoms with Crippen LogP contribution in [0.3, 0.4) is 0 Å². The van der Waals surface area contributed by atoms with E-state index in [0.29, 0.717) is 5.92 Å². The Kier molecular flexibility index (Phi) is 5.12. The van der Waals surface area contributed by atoms with Gasteiger partial charge >= 0.3 is 0 Å². The van der Waals surface area contributed by atoms with Crippen LogP contribution >= 0.6 is 0 Å². The molecule has 4 rings (SSSR count). The Morgan fingerprint density at radius 2 is 1.72 bits per heavy atom. The monoisotopic (exact) mass is 401 g/mol. The van der Waals surface area contributed by atoms with Crippen LogP contribution < -0.4 is 5.19 Å². The van der Waals surface area contributed by atoms with Crippen LogP contribution in [-0.2, 0) is 0 Å². The second-order valence-electron chi connectivity index (χ2n) is 9.15. The maximum absolute atomic E-state index is 6.42. The van der Waals surface area contributed by atoms with Gasteiger partial charge in [-0.25, -0.2) is 0 Å². The highest BCUT2D eigenvalue weighted by molar-refractivity contribution is 6.90. The van der Waals surface area contributed by atoms with Crippen molar-refractivity contribution in [2.24, 2.45) is 0 Å². The Bertz CT molecular complexity index is 1180. The molecule has 0 amide bonds. The van der Waals surface area contributed by atoms with E-state index in [0.717, 1.165) is 35.3 Å². The van der Waals surface area contributed by atoms with E-state index in [1.165, 1.54) is 27.1 Å². The third-order valence-electron chi connectivity index (χ3n) is 6.19. The average Bonchev–Trinajstić information content (AvgIpc) is 3.08. The molecule has 2 aromatic carbocycles. The van der Waals surface area contributed by atoms with E-state index in [9.17, 15) is 0 Å². The minimum atomic E-state index is -1.53. The van der Waals surface area contributed by atoms with Crippen molar-refractivity contribution in [1.29, 1.82) is 0 Å². The summed E-state index contributed by atoms with van der Waals surface area (Å²) >= 11 is 0. The summed E-state index contributed by atoms with van der Waals surface area (Å²) in [5.41, 5.74) is 6.73. The molecule has 0 radical (unpaired) electrons. The summed E-state index contributed by atoms with van der Waals surface area (Å²) in [5.74, 6) is 0.581. The van der Waals surface area contributed by atoms with Gasteiger partial charge < -0.3 is 4.42 Å². The van der Waals surface area contributed by atoms with Crippen molar-refractivity contribution in [3.8, 4) is 11.3 Å². The first kappa shape index (κ1) is 19.9. The molecule has 0 atom stereocenters. The predicted octanol–water partition coefficient (Wildman–Crippen LogP) is 7.41. The van der Waals surface area contributed by atoms with E-state index in [4.69, 9.17) is 9.40 Å². The number of hydrogen-bond donors (Lipinski definition) is 0. The fourth-order valence-electron chi connectivity index (χ4n) is 4.52. The van der Waals surface area contributed by atoms with Gasteiger partial charge in [-0.2, -0.15) is 0 Å².